The van der Waals surface area contributed by atoms with E-state index in [0.29, 0.717) is 12.5 Å². The van der Waals surface area contributed by atoms with Gasteiger partial charge in [0.05, 0.1) is 0 Å². The molecule has 3 aromatic carbocycles. The second kappa shape index (κ2) is 9.46. The normalized spacial score (nSPS) is 11.9. The van der Waals surface area contributed by atoms with Crippen LogP contribution in [-0.2, 0) is 6.42 Å². The van der Waals surface area contributed by atoms with Gasteiger partial charge in [-0.2, -0.15) is 8.78 Å². The van der Waals surface area contributed by atoms with Crippen LogP contribution < -0.4 is 4.74 Å². The monoisotopic (exact) mass is 454 g/mol. The van der Waals surface area contributed by atoms with Crippen LogP contribution in [0.25, 0.3) is 17.2 Å². The van der Waals surface area contributed by atoms with Gasteiger partial charge in [0.25, 0.3) is 0 Å². The van der Waals surface area contributed by atoms with E-state index in [0.717, 1.165) is 18.1 Å². The van der Waals surface area contributed by atoms with Crippen LogP contribution in [0.1, 0.15) is 24.5 Å². The average Bonchev–Trinajstić information content (AvgIpc) is 2.71. The van der Waals surface area contributed by atoms with Crippen molar-refractivity contribution in [1.29, 1.82) is 0 Å². The second-order valence-electron chi connectivity index (χ2n) is 7.00. The molecular formula is C24H17F7O. The third-order valence-corrected chi connectivity index (χ3v) is 4.55. The van der Waals surface area contributed by atoms with Crippen LogP contribution in [0.2, 0.25) is 0 Å². The Bertz CT molecular complexity index is 1130. The highest BCUT2D eigenvalue weighted by molar-refractivity contribution is 5.67. The largest absolute Gasteiger partial charge is 0.429 e. The van der Waals surface area contributed by atoms with Crippen molar-refractivity contribution in [3.8, 4) is 16.9 Å². The summed E-state index contributed by atoms with van der Waals surface area (Å²) in [4.78, 5) is 0. The Balaban J connectivity index is 1.79. The van der Waals surface area contributed by atoms with E-state index in [1.807, 2.05) is 6.92 Å². The first-order chi connectivity index (χ1) is 15.1. The first-order valence-electron chi connectivity index (χ1n) is 9.58. The van der Waals surface area contributed by atoms with Crippen LogP contribution in [0, 0.1) is 29.1 Å². The number of alkyl halides is 2. The molecule has 0 unspecified atom stereocenters. The van der Waals surface area contributed by atoms with Crippen LogP contribution in [0.15, 0.2) is 54.6 Å². The van der Waals surface area contributed by atoms with Gasteiger partial charge in [0.1, 0.15) is 17.4 Å². The maximum absolute atomic E-state index is 14.4. The lowest BCUT2D eigenvalue weighted by Gasteiger charge is -2.14. The van der Waals surface area contributed by atoms with Gasteiger partial charge in [-0.1, -0.05) is 37.6 Å². The Hall–Kier alpha value is -3.29. The fourth-order valence-corrected chi connectivity index (χ4v) is 3.04. The maximum Gasteiger partial charge on any atom is 0.419 e. The lowest BCUT2D eigenvalue weighted by molar-refractivity contribution is -0.131. The zero-order valence-corrected chi connectivity index (χ0v) is 16.7. The van der Waals surface area contributed by atoms with Gasteiger partial charge < -0.3 is 4.74 Å². The molecule has 1 nitrogen and oxygen atoms in total. The molecule has 0 aliphatic carbocycles. The minimum Gasteiger partial charge on any atom is -0.429 e. The van der Waals surface area contributed by atoms with Gasteiger partial charge in [0.2, 0.25) is 0 Å². The number of ether oxygens (including phenoxy) is 1. The standard InChI is InChI=1S/C24H17F7O/c1-2-3-14-4-7-18(20(26)10-14)16-6-5-15(19(25)11-16)8-9-24(30,31)32-17-12-21(27)23(29)22(28)13-17/h4-13H,2-3H2,1H3/b9-8+. The highest BCUT2D eigenvalue weighted by atomic mass is 19.3. The number of hydrogen-bond donors (Lipinski definition) is 0. The maximum atomic E-state index is 14.4. The fraction of sp³-hybridized carbons (Fsp3) is 0.167. The Labute approximate surface area is 179 Å². The SMILES string of the molecule is CCCc1ccc(-c2ccc(/C=C/C(F)(F)Oc3cc(F)c(F)c(F)c3)c(F)c2)c(F)c1. The van der Waals surface area contributed by atoms with E-state index in [4.69, 9.17) is 0 Å². The molecule has 0 atom stereocenters. The number of aryl methyl sites for hydroxylation is 1. The minimum atomic E-state index is -4.08. The van der Waals surface area contributed by atoms with Crippen LogP contribution >= 0.6 is 0 Å². The van der Waals surface area contributed by atoms with E-state index in [2.05, 4.69) is 4.74 Å². The number of rotatable bonds is 7. The van der Waals surface area contributed by atoms with Crippen LogP contribution in [-0.4, -0.2) is 6.11 Å². The van der Waals surface area contributed by atoms with E-state index >= 15 is 0 Å². The van der Waals surface area contributed by atoms with Crippen LogP contribution in [0.3, 0.4) is 0 Å². The average molecular weight is 454 g/mol. The lowest BCUT2D eigenvalue weighted by Crippen LogP contribution is -2.21. The topological polar surface area (TPSA) is 9.23 Å². The van der Waals surface area contributed by atoms with Crippen molar-refractivity contribution in [3.63, 3.8) is 0 Å². The Kier molecular flexibility index (Phi) is 6.91. The summed E-state index contributed by atoms with van der Waals surface area (Å²) in [7, 11) is 0. The molecule has 0 bridgehead atoms. The molecule has 3 aromatic rings. The minimum absolute atomic E-state index is 0.160. The van der Waals surface area contributed by atoms with Gasteiger partial charge in [-0.05, 0) is 35.8 Å². The van der Waals surface area contributed by atoms with Crippen molar-refractivity contribution in [2.24, 2.45) is 0 Å². The van der Waals surface area contributed by atoms with E-state index in [9.17, 15) is 30.7 Å². The first-order valence-corrected chi connectivity index (χ1v) is 9.58. The molecule has 3 rings (SSSR count). The van der Waals surface area contributed by atoms with E-state index in [1.54, 1.807) is 6.07 Å². The van der Waals surface area contributed by atoms with E-state index < -0.39 is 40.9 Å². The van der Waals surface area contributed by atoms with Crippen LogP contribution in [0.5, 0.6) is 5.75 Å². The first kappa shape index (κ1) is 23.4. The van der Waals surface area contributed by atoms with Gasteiger partial charge in [-0.25, -0.2) is 22.0 Å². The molecule has 0 saturated carbocycles. The van der Waals surface area contributed by atoms with Crippen molar-refractivity contribution < 1.29 is 35.5 Å². The molecule has 32 heavy (non-hydrogen) atoms. The molecular weight excluding hydrogens is 437 g/mol. The van der Waals surface area contributed by atoms with E-state index in [-0.39, 0.29) is 34.9 Å². The Morgan fingerprint density at radius 1 is 0.812 bits per heavy atom. The van der Waals surface area contributed by atoms with Crippen LogP contribution in [0.4, 0.5) is 30.7 Å². The Morgan fingerprint density at radius 2 is 1.50 bits per heavy atom. The van der Waals surface area contributed by atoms with Crippen molar-refractivity contribution in [3.05, 3.63) is 94.8 Å². The molecule has 0 heterocycles. The molecule has 0 fully saturated rings. The molecule has 8 heteroatoms. The molecule has 0 aromatic heterocycles. The molecule has 0 saturated heterocycles. The summed E-state index contributed by atoms with van der Waals surface area (Å²) in [6.45, 7) is 1.96. The third-order valence-electron chi connectivity index (χ3n) is 4.55. The van der Waals surface area contributed by atoms with Gasteiger partial charge in [-0.3, -0.25) is 0 Å². The van der Waals surface area contributed by atoms with Gasteiger partial charge in [-0.15, -0.1) is 0 Å². The highest BCUT2D eigenvalue weighted by Gasteiger charge is 2.29. The predicted molar refractivity (Wildman–Crippen MR) is 107 cm³/mol. The van der Waals surface area contributed by atoms with Crippen molar-refractivity contribution in [2.45, 2.75) is 25.9 Å². The third kappa shape index (κ3) is 5.49. The van der Waals surface area contributed by atoms with Crippen molar-refractivity contribution in [2.75, 3.05) is 0 Å². The summed E-state index contributed by atoms with van der Waals surface area (Å²) in [6.07, 6.45) is -1.67. The molecule has 0 aliphatic heterocycles. The lowest BCUT2D eigenvalue weighted by atomic mass is 10.00. The molecule has 0 amide bonds. The zero-order valence-electron chi connectivity index (χ0n) is 16.7. The van der Waals surface area contributed by atoms with Gasteiger partial charge in [0.15, 0.2) is 17.5 Å². The summed E-state index contributed by atoms with van der Waals surface area (Å²) < 4.78 is 100. The zero-order chi connectivity index (χ0) is 23.5. The molecule has 168 valence electrons. The summed E-state index contributed by atoms with van der Waals surface area (Å²) in [5.41, 5.74) is 0.933. The summed E-state index contributed by atoms with van der Waals surface area (Å²) in [5, 5.41) is 0. The quantitative estimate of drug-likeness (QED) is 0.263. The molecule has 0 N–H and O–H groups in total. The Morgan fingerprint density at radius 3 is 2.09 bits per heavy atom. The highest BCUT2D eigenvalue weighted by Crippen LogP contribution is 2.29. The number of hydrogen-bond acceptors (Lipinski definition) is 1. The summed E-state index contributed by atoms with van der Waals surface area (Å²) in [6, 6.07) is 8.68. The molecule has 0 spiro atoms. The number of benzene rings is 3. The van der Waals surface area contributed by atoms with Crippen molar-refractivity contribution >= 4 is 6.08 Å². The summed E-state index contributed by atoms with van der Waals surface area (Å²) >= 11 is 0. The smallest absolute Gasteiger partial charge is 0.419 e. The molecule has 0 aliphatic rings. The predicted octanol–water partition coefficient (Wildman–Crippen LogP) is 7.69. The summed E-state index contributed by atoms with van der Waals surface area (Å²) in [5.74, 6) is -7.60. The van der Waals surface area contributed by atoms with Gasteiger partial charge >= 0.3 is 6.11 Å². The van der Waals surface area contributed by atoms with Crippen molar-refractivity contribution in [1.82, 2.24) is 0 Å². The van der Waals surface area contributed by atoms with E-state index in [1.165, 1.54) is 24.3 Å². The fourth-order valence-electron chi connectivity index (χ4n) is 3.04. The number of halogens is 7. The molecule has 0 radical (unpaired) electrons. The second-order valence-corrected chi connectivity index (χ2v) is 7.00. The van der Waals surface area contributed by atoms with Gasteiger partial charge in [0, 0.05) is 29.3 Å².